The van der Waals surface area contributed by atoms with Gasteiger partial charge >= 0.3 is 0 Å². The average Bonchev–Trinajstić information content (AvgIpc) is 2.50. The van der Waals surface area contributed by atoms with Crippen molar-refractivity contribution in [3.63, 3.8) is 0 Å². The summed E-state index contributed by atoms with van der Waals surface area (Å²) in [6.07, 6.45) is 3.73. The van der Waals surface area contributed by atoms with Gasteiger partial charge < -0.3 is 10.1 Å². The van der Waals surface area contributed by atoms with E-state index in [1.54, 1.807) is 0 Å². The van der Waals surface area contributed by atoms with Crippen molar-refractivity contribution in [1.82, 2.24) is 5.32 Å². The molecule has 70 valence electrons. The molecular formula is C9H18N2O. The monoisotopic (exact) mass is 170 g/mol. The maximum atomic E-state index is 5.25. The lowest BCUT2D eigenvalue weighted by atomic mass is 10.1. The summed E-state index contributed by atoms with van der Waals surface area (Å²) in [6.45, 7) is 5.77. The van der Waals surface area contributed by atoms with Gasteiger partial charge in [-0.15, -0.1) is 0 Å². The van der Waals surface area contributed by atoms with Crippen molar-refractivity contribution >= 4 is 6.02 Å². The Morgan fingerprint density at radius 2 is 2.42 bits per heavy atom. The number of ether oxygens (including phenoxy) is 1. The molecule has 1 aliphatic rings. The summed E-state index contributed by atoms with van der Waals surface area (Å²) in [5, 5.41) is 3.25. The van der Waals surface area contributed by atoms with Gasteiger partial charge in [-0.2, -0.15) is 0 Å². The van der Waals surface area contributed by atoms with Crippen LogP contribution in [0.15, 0.2) is 4.99 Å². The number of aliphatic imine (C=N–C) groups is 1. The van der Waals surface area contributed by atoms with Crippen molar-refractivity contribution in [3.05, 3.63) is 0 Å². The lowest BCUT2D eigenvalue weighted by Crippen LogP contribution is -2.31. The predicted octanol–water partition coefficient (Wildman–Crippen LogP) is 1.54. The Kier molecular flexibility index (Phi) is 3.91. The molecule has 0 saturated carbocycles. The molecule has 0 saturated heterocycles. The zero-order valence-corrected chi connectivity index (χ0v) is 7.97. The van der Waals surface area contributed by atoms with Gasteiger partial charge in [0.2, 0.25) is 0 Å². The van der Waals surface area contributed by atoms with Gasteiger partial charge in [0.15, 0.2) is 0 Å². The fraction of sp³-hybridized carbons (Fsp3) is 0.889. The molecule has 1 aliphatic heterocycles. The second kappa shape index (κ2) is 5.01. The molecule has 0 bridgehead atoms. The van der Waals surface area contributed by atoms with E-state index in [2.05, 4.69) is 17.2 Å². The molecule has 3 heteroatoms. The summed E-state index contributed by atoms with van der Waals surface area (Å²) in [7, 11) is 0. The minimum absolute atomic E-state index is 0.520. The van der Waals surface area contributed by atoms with Crippen LogP contribution in [0.25, 0.3) is 0 Å². The van der Waals surface area contributed by atoms with E-state index >= 15 is 0 Å². The molecule has 0 spiro atoms. The Morgan fingerprint density at radius 3 is 3.08 bits per heavy atom. The summed E-state index contributed by atoms with van der Waals surface area (Å²) in [4.78, 5) is 4.24. The first kappa shape index (κ1) is 9.36. The maximum absolute atomic E-state index is 5.25. The number of hydrogen-bond donors (Lipinski definition) is 1. The largest absolute Gasteiger partial charge is 0.466 e. The molecule has 12 heavy (non-hydrogen) atoms. The van der Waals surface area contributed by atoms with Crippen LogP contribution in [0.2, 0.25) is 0 Å². The number of nitrogens with one attached hydrogen (secondary N) is 1. The van der Waals surface area contributed by atoms with Crippen molar-refractivity contribution in [1.29, 1.82) is 0 Å². The van der Waals surface area contributed by atoms with E-state index in [0.29, 0.717) is 12.6 Å². The van der Waals surface area contributed by atoms with E-state index in [0.717, 1.165) is 12.6 Å². The Hall–Kier alpha value is -0.730. The van der Waals surface area contributed by atoms with Crippen LogP contribution in [0.1, 0.15) is 33.1 Å². The minimum atomic E-state index is 0.520. The molecule has 1 N–H and O–H groups in total. The van der Waals surface area contributed by atoms with Crippen LogP contribution in [0, 0.1) is 0 Å². The minimum Gasteiger partial charge on any atom is -0.466 e. The van der Waals surface area contributed by atoms with Crippen molar-refractivity contribution in [2.45, 2.75) is 39.2 Å². The summed E-state index contributed by atoms with van der Waals surface area (Å²) < 4.78 is 5.25. The van der Waals surface area contributed by atoms with E-state index in [1.807, 2.05) is 6.92 Å². The molecule has 1 rings (SSSR count). The summed E-state index contributed by atoms with van der Waals surface area (Å²) in [5.74, 6) is 0. The molecule has 0 aliphatic carbocycles. The van der Waals surface area contributed by atoms with E-state index in [9.17, 15) is 0 Å². The highest BCUT2D eigenvalue weighted by molar-refractivity contribution is 5.75. The van der Waals surface area contributed by atoms with Crippen molar-refractivity contribution in [2.24, 2.45) is 4.99 Å². The van der Waals surface area contributed by atoms with Gasteiger partial charge in [0, 0.05) is 0 Å². The highest BCUT2D eigenvalue weighted by Crippen LogP contribution is 2.05. The predicted molar refractivity (Wildman–Crippen MR) is 50.4 cm³/mol. The Bertz CT molecular complexity index is 157. The third kappa shape index (κ3) is 2.72. The van der Waals surface area contributed by atoms with Gasteiger partial charge in [0.25, 0.3) is 6.02 Å². The second-order valence-corrected chi connectivity index (χ2v) is 3.06. The molecule has 1 atom stereocenters. The van der Waals surface area contributed by atoms with Crippen LogP contribution >= 0.6 is 0 Å². The normalized spacial score (nSPS) is 21.8. The molecular weight excluding hydrogens is 152 g/mol. The Balaban J connectivity index is 2.13. The van der Waals surface area contributed by atoms with Gasteiger partial charge in [-0.05, 0) is 13.3 Å². The first-order chi connectivity index (χ1) is 5.86. The van der Waals surface area contributed by atoms with Crippen LogP contribution < -0.4 is 5.32 Å². The van der Waals surface area contributed by atoms with Crippen LogP contribution in [0.5, 0.6) is 0 Å². The summed E-state index contributed by atoms with van der Waals surface area (Å²) in [6, 6.07) is 1.25. The lowest BCUT2D eigenvalue weighted by molar-refractivity contribution is 0.311. The molecule has 0 radical (unpaired) electrons. The van der Waals surface area contributed by atoms with Gasteiger partial charge in [-0.3, -0.25) is 0 Å². The molecule has 0 unspecified atom stereocenters. The van der Waals surface area contributed by atoms with E-state index in [1.165, 1.54) is 19.3 Å². The number of unbranched alkanes of at least 4 members (excludes halogenated alkanes) is 1. The Morgan fingerprint density at radius 1 is 1.58 bits per heavy atom. The van der Waals surface area contributed by atoms with Crippen molar-refractivity contribution < 1.29 is 4.74 Å². The highest BCUT2D eigenvalue weighted by atomic mass is 16.5. The topological polar surface area (TPSA) is 33.6 Å². The van der Waals surface area contributed by atoms with E-state index in [-0.39, 0.29) is 0 Å². The van der Waals surface area contributed by atoms with Crippen molar-refractivity contribution in [2.75, 3.05) is 13.2 Å². The fourth-order valence-corrected chi connectivity index (χ4v) is 1.30. The zero-order valence-electron chi connectivity index (χ0n) is 7.97. The highest BCUT2D eigenvalue weighted by Gasteiger charge is 2.16. The first-order valence-corrected chi connectivity index (χ1v) is 4.80. The van der Waals surface area contributed by atoms with Gasteiger partial charge in [0.05, 0.1) is 19.2 Å². The summed E-state index contributed by atoms with van der Waals surface area (Å²) >= 11 is 0. The van der Waals surface area contributed by atoms with Crippen LogP contribution in [-0.2, 0) is 4.74 Å². The number of nitrogens with zero attached hydrogens (tertiary/aromatic N) is 1. The average molecular weight is 170 g/mol. The zero-order chi connectivity index (χ0) is 8.81. The van der Waals surface area contributed by atoms with Crippen LogP contribution in [0.4, 0.5) is 0 Å². The van der Waals surface area contributed by atoms with Gasteiger partial charge in [-0.1, -0.05) is 19.8 Å². The third-order valence-corrected chi connectivity index (χ3v) is 1.97. The smallest absolute Gasteiger partial charge is 0.284 e. The van der Waals surface area contributed by atoms with E-state index in [4.69, 9.17) is 4.74 Å². The molecule has 3 nitrogen and oxygen atoms in total. The number of hydrogen-bond acceptors (Lipinski definition) is 3. The summed E-state index contributed by atoms with van der Waals surface area (Å²) in [5.41, 5.74) is 0. The SMILES string of the molecule is CCCC[C@H]1CN=C(OCC)N1. The molecule has 1 heterocycles. The standard InChI is InChI=1S/C9H18N2O/c1-3-5-6-8-7-10-9(11-8)12-4-2/h8H,3-7H2,1-2H3,(H,10,11)/t8-/m0/s1. The van der Waals surface area contributed by atoms with Gasteiger partial charge in [0.1, 0.15) is 0 Å². The van der Waals surface area contributed by atoms with Gasteiger partial charge in [-0.25, -0.2) is 4.99 Å². The number of amidine groups is 1. The fourth-order valence-electron chi connectivity index (χ4n) is 1.30. The lowest BCUT2D eigenvalue weighted by Gasteiger charge is -2.10. The van der Waals surface area contributed by atoms with Crippen LogP contribution in [0.3, 0.4) is 0 Å². The molecule has 0 amide bonds. The second-order valence-electron chi connectivity index (χ2n) is 3.06. The first-order valence-electron chi connectivity index (χ1n) is 4.80. The third-order valence-electron chi connectivity index (χ3n) is 1.97. The maximum Gasteiger partial charge on any atom is 0.284 e. The molecule has 0 fully saturated rings. The molecule has 0 aromatic heterocycles. The molecule has 0 aromatic carbocycles. The number of rotatable bonds is 4. The van der Waals surface area contributed by atoms with E-state index < -0.39 is 0 Å². The van der Waals surface area contributed by atoms with Crippen LogP contribution in [-0.4, -0.2) is 25.2 Å². The van der Waals surface area contributed by atoms with Crippen molar-refractivity contribution in [3.8, 4) is 0 Å². The molecule has 0 aromatic rings. The Labute approximate surface area is 74.2 Å². The quantitative estimate of drug-likeness (QED) is 0.694.